The smallest absolute Gasteiger partial charge is 0.375 e. The number of benzene rings is 2. The van der Waals surface area contributed by atoms with Crippen molar-refractivity contribution in [3.8, 4) is 0 Å². The molecule has 0 spiro atoms. The van der Waals surface area contributed by atoms with Gasteiger partial charge in [-0.25, -0.2) is 4.79 Å². The third kappa shape index (κ3) is 3.99. The summed E-state index contributed by atoms with van der Waals surface area (Å²) in [6.45, 7) is 3.37. The molecule has 0 aliphatic heterocycles. The highest BCUT2D eigenvalue weighted by molar-refractivity contribution is 5.91. The highest BCUT2D eigenvalue weighted by atomic mass is 16.6. The number of ether oxygens (including phenoxy) is 1. The second-order valence-electron chi connectivity index (χ2n) is 7.67. The Balaban J connectivity index is 1.46. The van der Waals surface area contributed by atoms with E-state index in [0.29, 0.717) is 11.0 Å². The number of hydrogen-bond acceptors (Lipinski definition) is 5. The first-order chi connectivity index (χ1) is 14.4. The Labute approximate surface area is 173 Å². The number of carbonyl (C=O) groups excluding carboxylic acids is 2. The summed E-state index contributed by atoms with van der Waals surface area (Å²) in [4.78, 5) is 37.4. The van der Waals surface area contributed by atoms with Gasteiger partial charge in [0, 0.05) is 6.07 Å². The normalized spacial score (nSPS) is 16.5. The third-order valence-corrected chi connectivity index (χ3v) is 5.42. The highest BCUT2D eigenvalue weighted by Gasteiger charge is 2.26. The van der Waals surface area contributed by atoms with E-state index in [4.69, 9.17) is 9.15 Å². The van der Waals surface area contributed by atoms with Crippen molar-refractivity contribution in [1.82, 2.24) is 5.32 Å². The second kappa shape index (κ2) is 8.14. The molecule has 0 saturated carbocycles. The Morgan fingerprint density at radius 3 is 2.80 bits per heavy atom. The van der Waals surface area contributed by atoms with Gasteiger partial charge in [-0.3, -0.25) is 9.59 Å². The van der Waals surface area contributed by atoms with E-state index >= 15 is 0 Å². The minimum absolute atomic E-state index is 0.106. The third-order valence-electron chi connectivity index (χ3n) is 5.42. The summed E-state index contributed by atoms with van der Waals surface area (Å²) in [5.74, 6) is -1.45. The Bertz CT molecular complexity index is 1180. The number of fused-ring (bicyclic) bond motifs is 2. The topological polar surface area (TPSA) is 85.6 Å². The lowest BCUT2D eigenvalue weighted by Gasteiger charge is -2.27. The molecule has 0 fully saturated rings. The van der Waals surface area contributed by atoms with Crippen LogP contribution in [0.25, 0.3) is 11.0 Å². The molecule has 2 aromatic carbocycles. The first-order valence-corrected chi connectivity index (χ1v) is 10.1. The summed E-state index contributed by atoms with van der Waals surface area (Å²) >= 11 is 0. The zero-order chi connectivity index (χ0) is 21.3. The van der Waals surface area contributed by atoms with Gasteiger partial charge in [0.15, 0.2) is 11.5 Å². The van der Waals surface area contributed by atoms with Crippen LogP contribution >= 0.6 is 0 Å². The van der Waals surface area contributed by atoms with Crippen LogP contribution in [0.3, 0.4) is 0 Å². The molecule has 1 aliphatic rings. The monoisotopic (exact) mass is 405 g/mol. The first kappa shape index (κ1) is 19.9. The number of esters is 1. The number of carbonyl (C=O) groups is 2. The highest BCUT2D eigenvalue weighted by Crippen LogP contribution is 2.29. The fourth-order valence-corrected chi connectivity index (χ4v) is 3.84. The van der Waals surface area contributed by atoms with E-state index in [2.05, 4.69) is 11.4 Å². The van der Waals surface area contributed by atoms with Crippen molar-refractivity contribution in [1.29, 1.82) is 0 Å². The fourth-order valence-electron chi connectivity index (χ4n) is 3.84. The molecule has 0 bridgehead atoms. The molecular formula is C24H23NO5. The van der Waals surface area contributed by atoms with Gasteiger partial charge in [-0.05, 0) is 56.4 Å². The van der Waals surface area contributed by atoms with Gasteiger partial charge in [0.2, 0.25) is 5.76 Å². The largest absolute Gasteiger partial charge is 0.449 e. The molecule has 154 valence electrons. The standard InChI is InChI=1S/C24H23NO5/c1-14-10-11-21-18(12-14)20(26)13-22(30-21)24(28)29-15(2)23(27)25-19-9-5-7-16-6-3-4-8-17(16)19/h3-4,6,8,10-13,15,19H,5,7,9H2,1-2H3,(H,25,27)/t15-,19-/m1/s1. The van der Waals surface area contributed by atoms with Crippen LogP contribution in [-0.2, 0) is 16.0 Å². The van der Waals surface area contributed by atoms with Gasteiger partial charge in [-0.1, -0.05) is 35.9 Å². The van der Waals surface area contributed by atoms with Gasteiger partial charge < -0.3 is 14.5 Å². The average Bonchev–Trinajstić information content (AvgIpc) is 2.74. The molecule has 1 aliphatic carbocycles. The van der Waals surface area contributed by atoms with E-state index < -0.39 is 12.1 Å². The molecular weight excluding hydrogens is 382 g/mol. The molecule has 0 radical (unpaired) electrons. The molecule has 4 rings (SSSR count). The summed E-state index contributed by atoms with van der Waals surface area (Å²) in [5, 5.41) is 3.37. The number of hydrogen-bond donors (Lipinski definition) is 1. The summed E-state index contributed by atoms with van der Waals surface area (Å²) in [5.41, 5.74) is 3.22. The SMILES string of the molecule is Cc1ccc2oc(C(=O)O[C@H](C)C(=O)N[C@@H]3CCCc4ccccc43)cc(=O)c2c1. The number of aryl methyl sites for hydroxylation is 2. The molecule has 0 unspecified atom stereocenters. The predicted molar refractivity (Wildman–Crippen MR) is 112 cm³/mol. The summed E-state index contributed by atoms with van der Waals surface area (Å²) in [7, 11) is 0. The maximum Gasteiger partial charge on any atom is 0.375 e. The molecule has 3 aromatic rings. The summed E-state index contributed by atoms with van der Waals surface area (Å²) in [6, 6.07) is 14.2. The average molecular weight is 405 g/mol. The van der Waals surface area contributed by atoms with E-state index in [9.17, 15) is 14.4 Å². The molecule has 2 atom stereocenters. The summed E-state index contributed by atoms with van der Waals surface area (Å²) in [6.07, 6.45) is 1.79. The molecule has 1 heterocycles. The first-order valence-electron chi connectivity index (χ1n) is 10.1. The minimum atomic E-state index is -1.02. The van der Waals surface area contributed by atoms with Crippen molar-refractivity contribution in [3.63, 3.8) is 0 Å². The van der Waals surface area contributed by atoms with Crippen molar-refractivity contribution in [2.24, 2.45) is 0 Å². The fraction of sp³-hybridized carbons (Fsp3) is 0.292. The lowest BCUT2D eigenvalue weighted by Crippen LogP contribution is -2.39. The Morgan fingerprint density at radius 2 is 1.97 bits per heavy atom. The van der Waals surface area contributed by atoms with Gasteiger partial charge in [-0.15, -0.1) is 0 Å². The van der Waals surface area contributed by atoms with Crippen molar-refractivity contribution in [3.05, 3.63) is 81.2 Å². The lowest BCUT2D eigenvalue weighted by atomic mass is 9.87. The van der Waals surface area contributed by atoms with Crippen LogP contribution < -0.4 is 10.7 Å². The number of nitrogens with one attached hydrogen (secondary N) is 1. The van der Waals surface area contributed by atoms with E-state index in [1.807, 2.05) is 25.1 Å². The van der Waals surface area contributed by atoms with Crippen LogP contribution in [-0.4, -0.2) is 18.0 Å². The Morgan fingerprint density at radius 1 is 1.17 bits per heavy atom. The molecule has 1 N–H and O–H groups in total. The predicted octanol–water partition coefficient (Wildman–Crippen LogP) is 3.84. The number of amides is 1. The van der Waals surface area contributed by atoms with Gasteiger partial charge in [0.25, 0.3) is 5.91 Å². The van der Waals surface area contributed by atoms with E-state index in [0.717, 1.165) is 36.5 Å². The lowest BCUT2D eigenvalue weighted by molar-refractivity contribution is -0.130. The van der Waals surface area contributed by atoms with Crippen LogP contribution in [0.1, 0.15) is 53.1 Å². The molecule has 1 amide bonds. The second-order valence-corrected chi connectivity index (χ2v) is 7.67. The zero-order valence-electron chi connectivity index (χ0n) is 16.9. The Hall–Kier alpha value is -3.41. The molecule has 6 heteroatoms. The minimum Gasteiger partial charge on any atom is -0.449 e. The van der Waals surface area contributed by atoms with Crippen LogP contribution in [0.5, 0.6) is 0 Å². The van der Waals surface area contributed by atoms with Gasteiger partial charge in [-0.2, -0.15) is 0 Å². The molecule has 1 aromatic heterocycles. The molecule has 6 nitrogen and oxygen atoms in total. The van der Waals surface area contributed by atoms with Crippen molar-refractivity contribution >= 4 is 22.8 Å². The maximum absolute atomic E-state index is 12.6. The van der Waals surface area contributed by atoms with Crippen molar-refractivity contribution < 1.29 is 18.7 Å². The van der Waals surface area contributed by atoms with Crippen LogP contribution in [0.2, 0.25) is 0 Å². The van der Waals surface area contributed by atoms with Crippen molar-refractivity contribution in [2.45, 2.75) is 45.3 Å². The number of rotatable bonds is 4. The molecule has 30 heavy (non-hydrogen) atoms. The van der Waals surface area contributed by atoms with Crippen LogP contribution in [0.15, 0.2) is 57.7 Å². The van der Waals surface area contributed by atoms with Crippen LogP contribution in [0, 0.1) is 6.92 Å². The Kier molecular flexibility index (Phi) is 5.40. The van der Waals surface area contributed by atoms with Gasteiger partial charge in [0.1, 0.15) is 5.58 Å². The molecule has 0 saturated heterocycles. The van der Waals surface area contributed by atoms with E-state index in [1.54, 1.807) is 18.2 Å². The maximum atomic E-state index is 12.6. The summed E-state index contributed by atoms with van der Waals surface area (Å²) < 4.78 is 10.8. The van der Waals surface area contributed by atoms with E-state index in [-0.39, 0.29) is 23.1 Å². The van der Waals surface area contributed by atoms with Crippen LogP contribution in [0.4, 0.5) is 0 Å². The zero-order valence-corrected chi connectivity index (χ0v) is 16.9. The van der Waals surface area contributed by atoms with E-state index in [1.165, 1.54) is 12.5 Å². The van der Waals surface area contributed by atoms with Crippen molar-refractivity contribution in [2.75, 3.05) is 0 Å². The van der Waals surface area contributed by atoms with Gasteiger partial charge >= 0.3 is 5.97 Å². The quantitative estimate of drug-likeness (QED) is 0.667. The van der Waals surface area contributed by atoms with Gasteiger partial charge in [0.05, 0.1) is 11.4 Å².